The van der Waals surface area contributed by atoms with Crippen molar-refractivity contribution in [1.29, 1.82) is 5.26 Å². The van der Waals surface area contributed by atoms with Crippen LogP contribution in [0, 0.1) is 21.4 Å². The number of thiophene rings is 1. The number of aryl methyl sites for hydroxylation is 1. The number of unbranched alkanes of at least 4 members (excludes halogenated alkanes) is 2. The average Bonchev–Trinajstić information content (AvgIpc) is 3.70. The van der Waals surface area contributed by atoms with E-state index < -0.39 is 16.6 Å². The fourth-order valence-electron chi connectivity index (χ4n) is 6.10. The van der Waals surface area contributed by atoms with Crippen molar-refractivity contribution < 1.29 is 24.1 Å². The van der Waals surface area contributed by atoms with Gasteiger partial charge in [-0.2, -0.15) is 10.1 Å². The summed E-state index contributed by atoms with van der Waals surface area (Å²) in [5.74, 6) is 0.0383. The smallest absolute Gasteiger partial charge is 0.379 e. The van der Waals surface area contributed by atoms with Crippen LogP contribution in [0.1, 0.15) is 67.9 Å². The Morgan fingerprint density at radius 3 is 2.29 bits per heavy atom. The van der Waals surface area contributed by atoms with Crippen LogP contribution in [0.2, 0.25) is 0 Å². The number of nitrogens with zero attached hydrogens (tertiary/aromatic N) is 5. The molecule has 1 aromatic heterocycles. The van der Waals surface area contributed by atoms with Crippen LogP contribution in [-0.4, -0.2) is 59.3 Å². The Bertz CT molecular complexity index is 1890. The molecule has 12 heteroatoms. The Kier molecular flexibility index (Phi) is 12.4. The fraction of sp³-hybridized carbons (Fsp3) is 0.333. The van der Waals surface area contributed by atoms with E-state index >= 15 is 0 Å². The standard InChI is InChI=1S/C39H41N5O6S/c1-4-28-11-16-31(17-12-28)43(32-18-13-29(14-19-32)34(9-6-5-7-21-40)41-50-38(46)44(47)48)35-20-15-30(27-33(35)36-10-8-26-51-36)37(45)39(2,3)42-22-24-49-25-23-42/h8,10-20,26-27H,4-7,9,22-25H2,1-3H3/b41-34+. The normalized spacial score (nSPS) is 13.7. The molecule has 1 amide bonds. The molecule has 3 aromatic carbocycles. The number of oxime groups is 1. The predicted molar refractivity (Wildman–Crippen MR) is 199 cm³/mol. The summed E-state index contributed by atoms with van der Waals surface area (Å²) >= 11 is 1.60. The van der Waals surface area contributed by atoms with E-state index in [0.717, 1.165) is 33.9 Å². The summed E-state index contributed by atoms with van der Waals surface area (Å²) < 4.78 is 5.55. The number of nitriles is 1. The number of Topliss-reactive ketones (excluding diaryl/α,β-unsaturated/α-hetero) is 1. The number of hydrogen-bond acceptors (Lipinski definition) is 11. The number of amides is 1. The van der Waals surface area contributed by atoms with Gasteiger partial charge in [-0.15, -0.1) is 11.3 Å². The van der Waals surface area contributed by atoms with Crippen molar-refractivity contribution in [2.45, 2.75) is 58.4 Å². The number of anilines is 3. The van der Waals surface area contributed by atoms with Crippen molar-refractivity contribution in [1.82, 2.24) is 4.90 Å². The molecule has 5 rings (SSSR count). The summed E-state index contributed by atoms with van der Waals surface area (Å²) in [6, 6.07) is 27.9. The Balaban J connectivity index is 1.58. The Hall–Kier alpha value is -5.22. The van der Waals surface area contributed by atoms with Crippen LogP contribution in [0.3, 0.4) is 0 Å². The number of hydrogen-bond donors (Lipinski definition) is 0. The van der Waals surface area contributed by atoms with Crippen molar-refractivity contribution >= 4 is 46.0 Å². The third-order valence-corrected chi connectivity index (χ3v) is 9.94. The van der Waals surface area contributed by atoms with Gasteiger partial charge in [0.1, 0.15) is 4.92 Å². The van der Waals surface area contributed by atoms with Crippen LogP contribution in [0.5, 0.6) is 0 Å². The highest BCUT2D eigenvalue weighted by Gasteiger charge is 2.36. The summed E-state index contributed by atoms with van der Waals surface area (Å²) in [5.41, 5.74) is 5.60. The van der Waals surface area contributed by atoms with Gasteiger partial charge in [-0.25, -0.2) is 0 Å². The summed E-state index contributed by atoms with van der Waals surface area (Å²) in [4.78, 5) is 45.3. The van der Waals surface area contributed by atoms with Crippen LogP contribution < -0.4 is 4.90 Å². The van der Waals surface area contributed by atoms with Gasteiger partial charge in [0.15, 0.2) is 5.78 Å². The number of ether oxygens (including phenoxy) is 1. The molecule has 0 aliphatic carbocycles. The number of carbonyl (C=O) groups excluding carboxylic acids is 2. The molecule has 1 aliphatic rings. The van der Waals surface area contributed by atoms with Crippen molar-refractivity contribution in [2.75, 3.05) is 31.2 Å². The van der Waals surface area contributed by atoms with Gasteiger partial charge in [0.05, 0.1) is 36.2 Å². The number of benzene rings is 3. The van der Waals surface area contributed by atoms with Gasteiger partial charge in [0, 0.05) is 46.9 Å². The first-order valence-corrected chi connectivity index (χ1v) is 17.9. The van der Waals surface area contributed by atoms with Gasteiger partial charge in [-0.1, -0.05) is 42.4 Å². The molecule has 0 atom stereocenters. The van der Waals surface area contributed by atoms with E-state index in [9.17, 15) is 19.7 Å². The number of nitro groups is 1. The van der Waals surface area contributed by atoms with Gasteiger partial charge in [0.25, 0.3) is 0 Å². The largest absolute Gasteiger partial charge is 0.683 e. The van der Waals surface area contributed by atoms with Crippen molar-refractivity contribution in [3.8, 4) is 16.5 Å². The summed E-state index contributed by atoms with van der Waals surface area (Å²) in [7, 11) is 0. The lowest BCUT2D eigenvalue weighted by molar-refractivity contribution is -0.396. The van der Waals surface area contributed by atoms with Crippen molar-refractivity contribution in [3.63, 3.8) is 0 Å². The highest BCUT2D eigenvalue weighted by Crippen LogP contribution is 2.43. The lowest BCUT2D eigenvalue weighted by Crippen LogP contribution is -2.54. The molecule has 4 aromatic rings. The first-order valence-electron chi connectivity index (χ1n) is 17.0. The minimum atomic E-state index is -1.67. The summed E-state index contributed by atoms with van der Waals surface area (Å²) in [5, 5.41) is 25.7. The molecule has 0 unspecified atom stereocenters. The molecule has 264 valence electrons. The average molecular weight is 708 g/mol. The zero-order valence-electron chi connectivity index (χ0n) is 29.0. The van der Waals surface area contributed by atoms with E-state index in [1.54, 1.807) is 11.3 Å². The van der Waals surface area contributed by atoms with Gasteiger partial charge in [0.2, 0.25) is 0 Å². The van der Waals surface area contributed by atoms with E-state index in [0.29, 0.717) is 68.8 Å². The maximum Gasteiger partial charge on any atom is 0.683 e. The van der Waals surface area contributed by atoms with Crippen LogP contribution >= 0.6 is 11.3 Å². The minimum Gasteiger partial charge on any atom is -0.379 e. The molecular weight excluding hydrogens is 667 g/mol. The van der Waals surface area contributed by atoms with Crippen LogP contribution in [0.25, 0.3) is 10.4 Å². The van der Waals surface area contributed by atoms with E-state index in [1.165, 1.54) is 5.56 Å². The lowest BCUT2D eigenvalue weighted by Gasteiger charge is -2.39. The van der Waals surface area contributed by atoms with E-state index in [2.05, 4.69) is 57.1 Å². The maximum atomic E-state index is 14.1. The van der Waals surface area contributed by atoms with E-state index in [-0.39, 0.29) is 5.78 Å². The van der Waals surface area contributed by atoms with Gasteiger partial charge < -0.3 is 9.64 Å². The first-order chi connectivity index (χ1) is 24.6. The second-order valence-corrected chi connectivity index (χ2v) is 13.6. The Morgan fingerprint density at radius 1 is 1.02 bits per heavy atom. The van der Waals surface area contributed by atoms with Crippen molar-refractivity contribution in [3.05, 3.63) is 111 Å². The summed E-state index contributed by atoms with van der Waals surface area (Å²) in [6.07, 6.45) is 1.12. The molecular formula is C39H41N5O6S. The molecule has 11 nitrogen and oxygen atoms in total. The Labute approximate surface area is 301 Å². The summed E-state index contributed by atoms with van der Waals surface area (Å²) in [6.45, 7) is 8.63. The SMILES string of the molecule is CCc1ccc(N(c2ccc(/C(CCCCC#N)=N/OC(=O)[N+](=O)[O-])cc2)c2ccc(C(=O)C(C)(C)N3CCOCC3)cc2-c2cccs2)cc1. The first kappa shape index (κ1) is 37.0. The predicted octanol–water partition coefficient (Wildman–Crippen LogP) is 8.94. The molecule has 0 saturated carbocycles. The topological polar surface area (TPSA) is 138 Å². The molecule has 1 aliphatic heterocycles. The highest BCUT2D eigenvalue weighted by molar-refractivity contribution is 7.13. The highest BCUT2D eigenvalue weighted by atomic mass is 32.1. The van der Waals surface area contributed by atoms with Crippen LogP contribution in [-0.2, 0) is 16.0 Å². The van der Waals surface area contributed by atoms with Gasteiger partial charge in [-0.05, 0) is 105 Å². The molecule has 0 radical (unpaired) electrons. The van der Waals surface area contributed by atoms with Gasteiger partial charge >= 0.3 is 6.09 Å². The fourth-order valence-corrected chi connectivity index (χ4v) is 6.85. The number of carbonyl (C=O) groups is 2. The molecule has 2 heterocycles. The number of rotatable bonds is 14. The number of ketones is 1. The lowest BCUT2D eigenvalue weighted by atomic mass is 9.89. The quantitative estimate of drug-likeness (QED) is 0.0314. The second kappa shape index (κ2) is 17.1. The van der Waals surface area contributed by atoms with E-state index in [4.69, 9.17) is 10.00 Å². The maximum absolute atomic E-state index is 14.1. The molecule has 0 bridgehead atoms. The zero-order chi connectivity index (χ0) is 36.4. The monoisotopic (exact) mass is 707 g/mol. The molecule has 1 saturated heterocycles. The van der Waals surface area contributed by atoms with Crippen LogP contribution in [0.15, 0.2) is 89.4 Å². The molecule has 0 N–H and O–H groups in total. The molecule has 51 heavy (non-hydrogen) atoms. The second-order valence-electron chi connectivity index (χ2n) is 12.6. The molecule has 0 spiro atoms. The minimum absolute atomic E-state index is 0.0383. The third-order valence-electron chi connectivity index (χ3n) is 9.04. The van der Waals surface area contributed by atoms with E-state index in [1.807, 2.05) is 73.8 Å². The van der Waals surface area contributed by atoms with Crippen molar-refractivity contribution in [2.24, 2.45) is 5.16 Å². The molecule has 1 fully saturated rings. The zero-order valence-corrected chi connectivity index (χ0v) is 29.9. The Morgan fingerprint density at radius 2 is 1.69 bits per heavy atom. The number of morpholine rings is 1. The third kappa shape index (κ3) is 8.93. The van der Waals surface area contributed by atoms with Crippen LogP contribution in [0.4, 0.5) is 21.9 Å². The van der Waals surface area contributed by atoms with Gasteiger partial charge in [-0.3, -0.25) is 24.6 Å².